The Bertz CT molecular complexity index is 1440. The molecule has 1 spiro atoms. The summed E-state index contributed by atoms with van der Waals surface area (Å²) in [5.74, 6) is -1.64. The van der Waals surface area contributed by atoms with Crippen molar-refractivity contribution >= 4 is 34.8 Å². The van der Waals surface area contributed by atoms with Gasteiger partial charge in [-0.05, 0) is 24.1 Å². The molecule has 7 nitrogen and oxygen atoms in total. The van der Waals surface area contributed by atoms with E-state index in [2.05, 4.69) is 0 Å². The second-order valence-electron chi connectivity index (χ2n) is 9.22. The molecule has 0 unspecified atom stereocenters. The number of carbonyl (C=O) groups is 3. The van der Waals surface area contributed by atoms with E-state index in [0.29, 0.717) is 16.7 Å². The molecule has 2 aliphatic heterocycles. The Morgan fingerprint density at radius 2 is 1.51 bits per heavy atom. The van der Waals surface area contributed by atoms with Crippen LogP contribution in [0.1, 0.15) is 44.7 Å². The van der Waals surface area contributed by atoms with E-state index in [-0.39, 0.29) is 23.0 Å². The summed E-state index contributed by atoms with van der Waals surface area (Å²) in [6, 6.07) is 18.7. The van der Waals surface area contributed by atoms with Gasteiger partial charge in [0.05, 0.1) is 17.0 Å². The van der Waals surface area contributed by atoms with Crippen LogP contribution in [0.4, 0.5) is 11.4 Å². The zero-order valence-corrected chi connectivity index (χ0v) is 18.8. The highest BCUT2D eigenvalue weighted by Gasteiger charge is 2.71. The highest BCUT2D eigenvalue weighted by molar-refractivity contribution is 6.32. The van der Waals surface area contributed by atoms with Gasteiger partial charge in [0.1, 0.15) is 5.41 Å². The molecule has 172 valence electrons. The lowest BCUT2D eigenvalue weighted by atomic mass is 9.64. The molecule has 3 aromatic rings. The number of fused-ring (bicyclic) bond motifs is 5. The molecule has 3 atom stereocenters. The maximum Gasteiger partial charge on any atom is 0.269 e. The Labute approximate surface area is 200 Å². The first kappa shape index (κ1) is 21.2. The largest absolute Gasteiger partial charge is 0.352 e. The van der Waals surface area contributed by atoms with Gasteiger partial charge in [-0.25, -0.2) is 0 Å². The molecule has 0 saturated carbocycles. The number of non-ortho nitro benzene ring substituents is 1. The monoisotopic (exact) mass is 464 g/mol. The Balaban J connectivity index is 1.66. The number of nitro groups is 1. The molecule has 0 bridgehead atoms. The lowest BCUT2D eigenvalue weighted by Crippen LogP contribution is -2.48. The number of benzene rings is 3. The molecule has 3 aliphatic rings. The number of carbonyl (C=O) groups excluding carboxylic acids is 3. The van der Waals surface area contributed by atoms with Crippen LogP contribution in [-0.4, -0.2) is 34.4 Å². The SMILES string of the molecule is CC(=O)[C@@H]1[C@H](c2ccc([N+](=O)[O-])cc2)C2(C(=O)c3ccccc3C2=O)[C@H]2C=Cc3ccccc3N12. The highest BCUT2D eigenvalue weighted by atomic mass is 16.6. The second kappa shape index (κ2) is 7.30. The second-order valence-corrected chi connectivity index (χ2v) is 9.22. The number of ketones is 3. The van der Waals surface area contributed by atoms with E-state index >= 15 is 0 Å². The molecule has 1 saturated heterocycles. The fraction of sp³-hybridized carbons (Fsp3) is 0.179. The van der Waals surface area contributed by atoms with Gasteiger partial charge in [-0.3, -0.25) is 24.5 Å². The third-order valence-corrected chi connectivity index (χ3v) is 7.59. The van der Waals surface area contributed by atoms with Crippen LogP contribution in [0.15, 0.2) is 78.9 Å². The minimum atomic E-state index is -1.57. The van der Waals surface area contributed by atoms with E-state index in [1.54, 1.807) is 36.4 Å². The van der Waals surface area contributed by atoms with Crippen LogP contribution < -0.4 is 4.90 Å². The van der Waals surface area contributed by atoms with E-state index in [1.807, 2.05) is 41.3 Å². The standard InChI is InChI=1S/C28H20N2O5/c1-16(31)25-24(18-10-13-19(14-11-18)30(34)35)28(26(32)20-7-3-4-8-21(20)27(28)33)23-15-12-17-6-2-5-9-22(17)29(23)25/h2-15,23-25H,1H3/t23-,24+,25-/m1/s1. The Morgan fingerprint density at radius 3 is 2.11 bits per heavy atom. The highest BCUT2D eigenvalue weighted by Crippen LogP contribution is 2.60. The molecule has 0 amide bonds. The topological polar surface area (TPSA) is 97.6 Å². The van der Waals surface area contributed by atoms with Crippen LogP contribution in [-0.2, 0) is 4.79 Å². The molecule has 1 aliphatic carbocycles. The quantitative estimate of drug-likeness (QED) is 0.319. The van der Waals surface area contributed by atoms with Gasteiger partial charge >= 0.3 is 0 Å². The predicted molar refractivity (Wildman–Crippen MR) is 130 cm³/mol. The third-order valence-electron chi connectivity index (χ3n) is 7.59. The van der Waals surface area contributed by atoms with Gasteiger partial charge < -0.3 is 4.90 Å². The molecule has 0 radical (unpaired) electrons. The zero-order chi connectivity index (χ0) is 24.5. The third kappa shape index (κ3) is 2.63. The number of hydrogen-bond donors (Lipinski definition) is 0. The van der Waals surface area contributed by atoms with Crippen molar-refractivity contribution in [1.82, 2.24) is 0 Å². The van der Waals surface area contributed by atoms with Crippen molar-refractivity contribution in [3.05, 3.63) is 111 Å². The maximum atomic E-state index is 14.2. The molecule has 2 heterocycles. The average molecular weight is 464 g/mol. The van der Waals surface area contributed by atoms with E-state index in [4.69, 9.17) is 0 Å². The molecule has 35 heavy (non-hydrogen) atoms. The van der Waals surface area contributed by atoms with Crippen molar-refractivity contribution in [2.24, 2.45) is 5.41 Å². The molecule has 1 fully saturated rings. The van der Waals surface area contributed by atoms with Gasteiger partial charge in [0.2, 0.25) is 0 Å². The zero-order valence-electron chi connectivity index (χ0n) is 18.8. The van der Waals surface area contributed by atoms with Crippen molar-refractivity contribution in [2.45, 2.75) is 24.9 Å². The number of nitrogens with zero attached hydrogens (tertiary/aromatic N) is 2. The van der Waals surface area contributed by atoms with Gasteiger partial charge in [0.15, 0.2) is 17.3 Å². The first-order valence-corrected chi connectivity index (χ1v) is 11.4. The number of anilines is 1. The summed E-state index contributed by atoms with van der Waals surface area (Å²) in [6.45, 7) is 1.47. The van der Waals surface area contributed by atoms with Crippen LogP contribution in [0.25, 0.3) is 6.08 Å². The Morgan fingerprint density at radius 1 is 0.914 bits per heavy atom. The summed E-state index contributed by atoms with van der Waals surface area (Å²) in [6.07, 6.45) is 3.75. The summed E-state index contributed by atoms with van der Waals surface area (Å²) in [4.78, 5) is 54.4. The molecular formula is C28H20N2O5. The summed E-state index contributed by atoms with van der Waals surface area (Å²) in [5, 5.41) is 11.3. The summed E-state index contributed by atoms with van der Waals surface area (Å²) < 4.78 is 0. The summed E-state index contributed by atoms with van der Waals surface area (Å²) in [7, 11) is 0. The minimum absolute atomic E-state index is 0.101. The number of Topliss-reactive ketones (excluding diaryl/α,β-unsaturated/α-hetero) is 3. The van der Waals surface area contributed by atoms with Crippen molar-refractivity contribution in [3.63, 3.8) is 0 Å². The van der Waals surface area contributed by atoms with Gasteiger partial charge in [0, 0.05) is 34.9 Å². The summed E-state index contributed by atoms with van der Waals surface area (Å²) in [5.41, 5.74) is 1.24. The fourth-order valence-electron chi connectivity index (χ4n) is 6.25. The van der Waals surface area contributed by atoms with Crippen LogP contribution >= 0.6 is 0 Å². The van der Waals surface area contributed by atoms with E-state index in [9.17, 15) is 24.5 Å². The van der Waals surface area contributed by atoms with E-state index in [0.717, 1.165) is 11.3 Å². The van der Waals surface area contributed by atoms with Crippen LogP contribution in [0, 0.1) is 15.5 Å². The van der Waals surface area contributed by atoms with Crippen molar-refractivity contribution < 1.29 is 19.3 Å². The van der Waals surface area contributed by atoms with Crippen LogP contribution in [0.2, 0.25) is 0 Å². The number of hydrogen-bond acceptors (Lipinski definition) is 6. The van der Waals surface area contributed by atoms with E-state index < -0.39 is 28.3 Å². The molecule has 6 rings (SSSR count). The molecule has 7 heteroatoms. The lowest BCUT2D eigenvalue weighted by Gasteiger charge is -2.37. The Kier molecular flexibility index (Phi) is 4.42. The van der Waals surface area contributed by atoms with Crippen LogP contribution in [0.3, 0.4) is 0 Å². The van der Waals surface area contributed by atoms with Crippen molar-refractivity contribution in [2.75, 3.05) is 4.90 Å². The average Bonchev–Trinajstić information content (AvgIpc) is 3.31. The van der Waals surface area contributed by atoms with Crippen LogP contribution in [0.5, 0.6) is 0 Å². The molecule has 3 aromatic carbocycles. The molecule has 0 N–H and O–H groups in total. The lowest BCUT2D eigenvalue weighted by molar-refractivity contribution is -0.384. The van der Waals surface area contributed by atoms with E-state index in [1.165, 1.54) is 19.1 Å². The number of rotatable bonds is 3. The van der Waals surface area contributed by atoms with Gasteiger partial charge in [-0.2, -0.15) is 0 Å². The van der Waals surface area contributed by atoms with Crippen molar-refractivity contribution in [1.29, 1.82) is 0 Å². The van der Waals surface area contributed by atoms with Gasteiger partial charge in [0.25, 0.3) is 5.69 Å². The molecule has 0 aromatic heterocycles. The maximum absolute atomic E-state index is 14.2. The predicted octanol–water partition coefficient (Wildman–Crippen LogP) is 4.62. The fourth-order valence-corrected chi connectivity index (χ4v) is 6.25. The minimum Gasteiger partial charge on any atom is -0.352 e. The van der Waals surface area contributed by atoms with Gasteiger partial charge in [-0.15, -0.1) is 0 Å². The normalized spacial score (nSPS) is 23.2. The van der Waals surface area contributed by atoms with Crippen molar-refractivity contribution in [3.8, 4) is 0 Å². The molecular weight excluding hydrogens is 444 g/mol. The number of nitro benzene ring substituents is 1. The Hall–Kier alpha value is -4.39. The number of para-hydroxylation sites is 1. The first-order valence-electron chi connectivity index (χ1n) is 11.4. The summed E-state index contributed by atoms with van der Waals surface area (Å²) >= 11 is 0. The smallest absolute Gasteiger partial charge is 0.269 e. The van der Waals surface area contributed by atoms with Gasteiger partial charge in [-0.1, -0.05) is 66.7 Å². The first-order chi connectivity index (χ1) is 16.9.